The van der Waals surface area contributed by atoms with Crippen molar-refractivity contribution in [3.63, 3.8) is 0 Å². The third-order valence-electron chi connectivity index (χ3n) is 1.44. The smallest absolute Gasteiger partial charge is 0.0635 e. The molecule has 1 heteroatoms. The van der Waals surface area contributed by atoms with Crippen molar-refractivity contribution < 1.29 is 0 Å². The predicted molar refractivity (Wildman–Crippen MR) is 53.6 cm³/mol. The minimum atomic E-state index is 0.923. The van der Waals surface area contributed by atoms with Crippen LogP contribution in [0.25, 0.3) is 12.2 Å². The summed E-state index contributed by atoms with van der Waals surface area (Å²) in [6.07, 6.45) is 9.05. The van der Waals surface area contributed by atoms with Gasteiger partial charge in [0.1, 0.15) is 0 Å². The molecule has 0 spiro atoms. The van der Waals surface area contributed by atoms with E-state index in [-0.39, 0.29) is 0 Å². The van der Waals surface area contributed by atoms with Crippen LogP contribution in [0.2, 0.25) is 0 Å². The van der Waals surface area contributed by atoms with E-state index in [0.717, 1.165) is 11.3 Å². The Morgan fingerprint density at radius 1 is 1.33 bits per heavy atom. The Hall–Kier alpha value is -1.63. The molecule has 0 amide bonds. The molecule has 0 bridgehead atoms. The molecule has 1 aromatic heterocycles. The standard InChI is InChI=1S/C11H11N/c1-3-5-6-11-9-10(4-2)7-8-12-11/h3-9H,1-2H2. The van der Waals surface area contributed by atoms with Gasteiger partial charge in [-0.05, 0) is 23.8 Å². The number of allylic oxidation sites excluding steroid dienone is 2. The molecule has 0 saturated heterocycles. The number of aromatic nitrogens is 1. The van der Waals surface area contributed by atoms with Crippen molar-refractivity contribution in [2.75, 3.05) is 0 Å². The Morgan fingerprint density at radius 2 is 2.17 bits per heavy atom. The third kappa shape index (κ3) is 2.20. The fourth-order valence-electron chi connectivity index (χ4n) is 0.850. The van der Waals surface area contributed by atoms with Crippen molar-refractivity contribution in [2.24, 2.45) is 0 Å². The minimum Gasteiger partial charge on any atom is -0.257 e. The number of rotatable bonds is 3. The van der Waals surface area contributed by atoms with E-state index in [0.29, 0.717) is 0 Å². The molecule has 12 heavy (non-hydrogen) atoms. The Bertz CT molecular complexity index is 311. The summed E-state index contributed by atoms with van der Waals surface area (Å²) in [5, 5.41) is 0. The van der Waals surface area contributed by atoms with Crippen molar-refractivity contribution in [1.82, 2.24) is 4.98 Å². The summed E-state index contributed by atoms with van der Waals surface area (Å²) in [6.45, 7) is 7.26. The first-order chi connectivity index (χ1) is 5.86. The van der Waals surface area contributed by atoms with Gasteiger partial charge in [-0.2, -0.15) is 0 Å². The van der Waals surface area contributed by atoms with Crippen molar-refractivity contribution in [1.29, 1.82) is 0 Å². The third-order valence-corrected chi connectivity index (χ3v) is 1.44. The van der Waals surface area contributed by atoms with Crippen LogP contribution < -0.4 is 0 Å². The molecule has 1 rings (SSSR count). The number of nitrogens with zero attached hydrogens (tertiary/aromatic N) is 1. The minimum absolute atomic E-state index is 0.923. The van der Waals surface area contributed by atoms with Gasteiger partial charge in [0.2, 0.25) is 0 Å². The summed E-state index contributed by atoms with van der Waals surface area (Å²) < 4.78 is 0. The van der Waals surface area contributed by atoms with Gasteiger partial charge in [-0.25, -0.2) is 0 Å². The maximum absolute atomic E-state index is 4.14. The Labute approximate surface area is 72.8 Å². The second-order valence-electron chi connectivity index (χ2n) is 2.31. The second kappa shape index (κ2) is 4.29. The fraction of sp³-hybridized carbons (Fsp3) is 0. The fourth-order valence-corrected chi connectivity index (χ4v) is 0.850. The molecule has 1 aromatic rings. The molecule has 0 fully saturated rings. The van der Waals surface area contributed by atoms with Gasteiger partial charge in [-0.1, -0.05) is 31.4 Å². The maximum atomic E-state index is 4.14. The van der Waals surface area contributed by atoms with Crippen molar-refractivity contribution in [3.8, 4) is 0 Å². The average molecular weight is 157 g/mol. The van der Waals surface area contributed by atoms with E-state index < -0.39 is 0 Å². The van der Waals surface area contributed by atoms with Crippen LogP contribution in [0.5, 0.6) is 0 Å². The monoisotopic (exact) mass is 157 g/mol. The zero-order chi connectivity index (χ0) is 8.81. The molecule has 0 aliphatic heterocycles. The molecule has 0 radical (unpaired) electrons. The Kier molecular flexibility index (Phi) is 3.03. The highest BCUT2D eigenvalue weighted by Crippen LogP contribution is 2.04. The van der Waals surface area contributed by atoms with Gasteiger partial charge >= 0.3 is 0 Å². The van der Waals surface area contributed by atoms with Crippen LogP contribution in [0, 0.1) is 0 Å². The number of hydrogen-bond donors (Lipinski definition) is 0. The Balaban J connectivity index is 2.93. The summed E-state index contributed by atoms with van der Waals surface area (Å²) in [7, 11) is 0. The van der Waals surface area contributed by atoms with Crippen molar-refractivity contribution >= 4 is 12.2 Å². The molecule has 0 aromatic carbocycles. The van der Waals surface area contributed by atoms with Crippen LogP contribution in [0.4, 0.5) is 0 Å². The van der Waals surface area contributed by atoms with Crippen molar-refractivity contribution in [3.05, 3.63) is 54.9 Å². The van der Waals surface area contributed by atoms with Crippen LogP contribution in [0.15, 0.2) is 43.6 Å². The van der Waals surface area contributed by atoms with E-state index in [1.807, 2.05) is 24.3 Å². The highest BCUT2D eigenvalue weighted by atomic mass is 14.6. The lowest BCUT2D eigenvalue weighted by atomic mass is 10.2. The van der Waals surface area contributed by atoms with Gasteiger partial charge in [-0.15, -0.1) is 0 Å². The summed E-state index contributed by atoms with van der Waals surface area (Å²) in [5.41, 5.74) is 2.00. The lowest BCUT2D eigenvalue weighted by Gasteiger charge is -1.93. The van der Waals surface area contributed by atoms with Crippen LogP contribution in [-0.4, -0.2) is 4.98 Å². The summed E-state index contributed by atoms with van der Waals surface area (Å²) in [6, 6.07) is 3.88. The molecule has 0 atom stereocenters. The molecule has 1 heterocycles. The lowest BCUT2D eigenvalue weighted by molar-refractivity contribution is 1.29. The molecular weight excluding hydrogens is 146 g/mol. The van der Waals surface area contributed by atoms with Gasteiger partial charge < -0.3 is 0 Å². The zero-order valence-electron chi connectivity index (χ0n) is 6.90. The van der Waals surface area contributed by atoms with E-state index in [4.69, 9.17) is 0 Å². The topological polar surface area (TPSA) is 12.9 Å². The highest BCUT2D eigenvalue weighted by molar-refractivity contribution is 5.54. The first-order valence-electron chi connectivity index (χ1n) is 3.74. The maximum Gasteiger partial charge on any atom is 0.0635 e. The van der Waals surface area contributed by atoms with E-state index in [1.165, 1.54) is 0 Å². The molecular formula is C11H11N. The molecule has 0 unspecified atom stereocenters. The van der Waals surface area contributed by atoms with Gasteiger partial charge in [0.25, 0.3) is 0 Å². The lowest BCUT2D eigenvalue weighted by Crippen LogP contribution is -1.80. The normalized spacial score (nSPS) is 10.0. The molecule has 0 aliphatic rings. The van der Waals surface area contributed by atoms with E-state index in [1.54, 1.807) is 18.3 Å². The van der Waals surface area contributed by atoms with Gasteiger partial charge in [0.15, 0.2) is 0 Å². The van der Waals surface area contributed by atoms with Crippen LogP contribution >= 0.6 is 0 Å². The first kappa shape index (κ1) is 8.47. The van der Waals surface area contributed by atoms with E-state index in [2.05, 4.69) is 18.1 Å². The van der Waals surface area contributed by atoms with Crippen LogP contribution in [0.3, 0.4) is 0 Å². The molecule has 1 nitrogen and oxygen atoms in total. The Morgan fingerprint density at radius 3 is 2.83 bits per heavy atom. The van der Waals surface area contributed by atoms with Gasteiger partial charge in [0.05, 0.1) is 5.69 Å². The first-order valence-corrected chi connectivity index (χ1v) is 3.74. The SMILES string of the molecule is C=CC=Cc1cc(C=C)ccn1. The summed E-state index contributed by atoms with van der Waals surface area (Å²) in [4.78, 5) is 4.14. The summed E-state index contributed by atoms with van der Waals surface area (Å²) >= 11 is 0. The highest BCUT2D eigenvalue weighted by Gasteiger charge is 1.88. The van der Waals surface area contributed by atoms with E-state index in [9.17, 15) is 0 Å². The second-order valence-corrected chi connectivity index (χ2v) is 2.31. The molecule has 0 aliphatic carbocycles. The number of pyridine rings is 1. The van der Waals surface area contributed by atoms with Crippen molar-refractivity contribution in [2.45, 2.75) is 0 Å². The van der Waals surface area contributed by atoms with Gasteiger partial charge in [0, 0.05) is 6.20 Å². The molecule has 0 N–H and O–H groups in total. The van der Waals surface area contributed by atoms with E-state index >= 15 is 0 Å². The van der Waals surface area contributed by atoms with Crippen LogP contribution in [0.1, 0.15) is 11.3 Å². The van der Waals surface area contributed by atoms with Crippen LogP contribution in [-0.2, 0) is 0 Å². The number of hydrogen-bond acceptors (Lipinski definition) is 1. The molecule has 0 saturated carbocycles. The zero-order valence-corrected chi connectivity index (χ0v) is 6.90. The average Bonchev–Trinajstić information content (AvgIpc) is 2.15. The quantitative estimate of drug-likeness (QED) is 0.615. The summed E-state index contributed by atoms with van der Waals surface area (Å²) in [5.74, 6) is 0. The van der Waals surface area contributed by atoms with Gasteiger partial charge in [-0.3, -0.25) is 4.98 Å². The largest absolute Gasteiger partial charge is 0.257 e. The molecule has 60 valence electrons. The predicted octanol–water partition coefficient (Wildman–Crippen LogP) is 2.92.